The zero-order valence-electron chi connectivity index (χ0n) is 23.2. The lowest BCUT2D eigenvalue weighted by molar-refractivity contribution is -0.122. The number of carbonyl (C=O) groups excluding carboxylic acids is 2. The van der Waals surface area contributed by atoms with Gasteiger partial charge in [0.15, 0.2) is 5.78 Å². The number of nitrogens with zero attached hydrogens (tertiary/aromatic N) is 2. The molecule has 1 fully saturated rings. The molecule has 0 amide bonds. The van der Waals surface area contributed by atoms with E-state index in [1.807, 2.05) is 0 Å². The Morgan fingerprint density at radius 1 is 1.10 bits per heavy atom. The molecule has 1 heterocycles. The molecule has 0 radical (unpaired) electrons. The zero-order valence-corrected chi connectivity index (χ0v) is 24.0. The normalized spacial score (nSPS) is 14.1. The molecule has 1 aliphatic carbocycles. The second-order valence-electron chi connectivity index (χ2n) is 11.2. The number of ether oxygens (including phenoxy) is 2. The average molecular weight is 561 g/mol. The Morgan fingerprint density at radius 3 is 2.38 bits per heavy atom. The summed E-state index contributed by atoms with van der Waals surface area (Å²) in [5.74, 6) is 0.200. The lowest BCUT2D eigenvalue weighted by atomic mass is 9.79. The highest BCUT2D eigenvalue weighted by Gasteiger charge is 2.29. The molecule has 0 spiro atoms. The van der Waals surface area contributed by atoms with Crippen molar-refractivity contribution in [2.24, 2.45) is 5.92 Å². The average Bonchev–Trinajstić information content (AvgIpc) is 2.87. The van der Waals surface area contributed by atoms with Crippen molar-refractivity contribution in [3.05, 3.63) is 86.8 Å². The molecule has 0 N–H and O–H groups in total. The van der Waals surface area contributed by atoms with Crippen LogP contribution in [0.15, 0.2) is 59.5 Å². The van der Waals surface area contributed by atoms with Crippen LogP contribution in [0.5, 0.6) is 5.75 Å². The predicted octanol–water partition coefficient (Wildman–Crippen LogP) is 6.55. The van der Waals surface area contributed by atoms with Crippen LogP contribution in [0.3, 0.4) is 0 Å². The van der Waals surface area contributed by atoms with Crippen molar-refractivity contribution in [3.63, 3.8) is 0 Å². The Morgan fingerprint density at radius 2 is 1.80 bits per heavy atom. The second-order valence-corrected chi connectivity index (χ2v) is 11.6. The van der Waals surface area contributed by atoms with E-state index in [9.17, 15) is 19.6 Å². The van der Waals surface area contributed by atoms with Gasteiger partial charge in [0.2, 0.25) is 0 Å². The first-order valence-electron chi connectivity index (χ1n) is 13.3. The number of hydrogen-bond donors (Lipinski definition) is 0. The molecule has 4 rings (SSSR count). The smallest absolute Gasteiger partial charge is 0.338 e. The molecule has 0 aliphatic heterocycles. The number of benzene rings is 2. The summed E-state index contributed by atoms with van der Waals surface area (Å²) in [5, 5.41) is 10.0. The molecule has 1 unspecified atom stereocenters. The van der Waals surface area contributed by atoms with Gasteiger partial charge in [-0.25, -0.2) is 4.79 Å². The Kier molecular flexibility index (Phi) is 8.80. The summed E-state index contributed by atoms with van der Waals surface area (Å²) in [6.07, 6.45) is 5.37. The maximum absolute atomic E-state index is 13.7. The van der Waals surface area contributed by atoms with Crippen molar-refractivity contribution < 1.29 is 19.1 Å². The fraction of sp³-hybridized carbons (Fsp3) is 0.375. The highest BCUT2D eigenvalue weighted by atomic mass is 35.5. The number of carbonyl (C=O) groups is 2. The number of halogens is 1. The maximum Gasteiger partial charge on any atom is 0.338 e. The van der Waals surface area contributed by atoms with Crippen LogP contribution in [-0.2, 0) is 16.0 Å². The molecule has 2 aromatic carbocycles. The fourth-order valence-electron chi connectivity index (χ4n) is 4.84. The van der Waals surface area contributed by atoms with Crippen molar-refractivity contribution in [1.82, 2.24) is 4.57 Å². The van der Waals surface area contributed by atoms with Gasteiger partial charge < -0.3 is 14.0 Å². The molecule has 1 aliphatic rings. The van der Waals surface area contributed by atoms with E-state index in [1.54, 1.807) is 69.4 Å². The molecule has 208 valence electrons. The van der Waals surface area contributed by atoms with Gasteiger partial charge in [0.1, 0.15) is 11.4 Å². The van der Waals surface area contributed by atoms with Crippen molar-refractivity contribution in [1.29, 1.82) is 5.26 Å². The summed E-state index contributed by atoms with van der Waals surface area (Å²) in [6, 6.07) is 14.5. The van der Waals surface area contributed by atoms with Gasteiger partial charge in [0, 0.05) is 28.6 Å². The highest BCUT2D eigenvalue weighted by Crippen LogP contribution is 2.37. The van der Waals surface area contributed by atoms with E-state index in [4.69, 9.17) is 21.1 Å². The largest absolute Gasteiger partial charge is 0.495 e. The Labute approximate surface area is 239 Å². The first kappa shape index (κ1) is 29.1. The minimum atomic E-state index is -0.680. The van der Waals surface area contributed by atoms with E-state index in [-0.39, 0.29) is 17.8 Å². The maximum atomic E-state index is 13.7. The van der Waals surface area contributed by atoms with Crippen LogP contribution >= 0.6 is 11.6 Å². The van der Waals surface area contributed by atoms with Crippen molar-refractivity contribution in [2.75, 3.05) is 7.11 Å². The van der Waals surface area contributed by atoms with Crippen LogP contribution < -0.4 is 10.3 Å². The van der Waals surface area contributed by atoms with Gasteiger partial charge in [0.25, 0.3) is 5.56 Å². The minimum Gasteiger partial charge on any atom is -0.495 e. The van der Waals surface area contributed by atoms with E-state index >= 15 is 0 Å². The molecule has 1 aromatic heterocycles. The van der Waals surface area contributed by atoms with Crippen LogP contribution in [0, 0.1) is 17.2 Å². The zero-order chi connectivity index (χ0) is 29.0. The van der Waals surface area contributed by atoms with Gasteiger partial charge in [-0.1, -0.05) is 43.0 Å². The number of hydrogen-bond acceptors (Lipinski definition) is 6. The lowest BCUT2D eigenvalue weighted by Crippen LogP contribution is -2.33. The highest BCUT2D eigenvalue weighted by molar-refractivity contribution is 6.31. The molecule has 1 saturated carbocycles. The first-order chi connectivity index (χ1) is 19.0. The molecule has 0 saturated heterocycles. The van der Waals surface area contributed by atoms with Crippen molar-refractivity contribution in [3.8, 4) is 22.9 Å². The number of ketones is 1. The Balaban J connectivity index is 1.65. The molecule has 8 heteroatoms. The van der Waals surface area contributed by atoms with E-state index in [0.717, 1.165) is 24.8 Å². The van der Waals surface area contributed by atoms with Gasteiger partial charge in [0.05, 0.1) is 36.5 Å². The van der Waals surface area contributed by atoms with Gasteiger partial charge in [-0.3, -0.25) is 9.59 Å². The van der Waals surface area contributed by atoms with Gasteiger partial charge in [-0.2, -0.15) is 5.26 Å². The first-order valence-corrected chi connectivity index (χ1v) is 13.7. The molecule has 40 heavy (non-hydrogen) atoms. The van der Waals surface area contributed by atoms with Gasteiger partial charge in [-0.05, 0) is 69.0 Å². The summed E-state index contributed by atoms with van der Waals surface area (Å²) < 4.78 is 12.5. The van der Waals surface area contributed by atoms with E-state index in [1.165, 1.54) is 17.7 Å². The Bertz CT molecular complexity index is 1510. The van der Waals surface area contributed by atoms with Crippen molar-refractivity contribution in [2.45, 2.75) is 64.5 Å². The van der Waals surface area contributed by atoms with E-state index < -0.39 is 17.6 Å². The Hall–Kier alpha value is -3.89. The van der Waals surface area contributed by atoms with Crippen LogP contribution in [-0.4, -0.2) is 29.0 Å². The number of nitriles is 1. The fourth-order valence-corrected chi connectivity index (χ4v) is 5.01. The lowest BCUT2D eigenvalue weighted by Gasteiger charge is -2.30. The third kappa shape index (κ3) is 6.81. The molecular weight excluding hydrogens is 528 g/mol. The summed E-state index contributed by atoms with van der Waals surface area (Å²) >= 11 is 6.19. The van der Waals surface area contributed by atoms with E-state index in [0.29, 0.717) is 45.4 Å². The van der Waals surface area contributed by atoms with Gasteiger partial charge >= 0.3 is 5.97 Å². The van der Waals surface area contributed by atoms with Crippen molar-refractivity contribution >= 4 is 23.4 Å². The molecule has 7 nitrogen and oxygen atoms in total. The summed E-state index contributed by atoms with van der Waals surface area (Å²) in [7, 11) is 1.49. The summed E-state index contributed by atoms with van der Waals surface area (Å²) in [6.45, 7) is 5.42. The molecule has 1 atom stereocenters. The third-order valence-electron chi connectivity index (χ3n) is 7.11. The SMILES string of the molecule is COc1cn(C(CC2CCC2)C(=O)Cc2ccc(C(=O)OC(C)(C)C)cc2)c(=O)cc1-c1cc(Cl)ccc1C#N. The second kappa shape index (κ2) is 12.1. The van der Waals surface area contributed by atoms with E-state index in [2.05, 4.69) is 6.07 Å². The predicted molar refractivity (Wildman–Crippen MR) is 154 cm³/mol. The number of pyridine rings is 1. The number of esters is 1. The number of rotatable bonds is 9. The monoisotopic (exact) mass is 560 g/mol. The summed E-state index contributed by atoms with van der Waals surface area (Å²) in [4.78, 5) is 39.5. The van der Waals surface area contributed by atoms with Crippen LogP contribution in [0.4, 0.5) is 0 Å². The van der Waals surface area contributed by atoms with Crippen LogP contribution in [0.25, 0.3) is 11.1 Å². The van der Waals surface area contributed by atoms with Crippen LogP contribution in [0.1, 0.15) is 74.0 Å². The standard InChI is InChI=1S/C32H33ClN2O5/c1-32(2,3)40-31(38)22-10-8-21(9-11-22)15-28(36)27(14-20-6-5-7-20)35-19-29(39-4)26(17-30(35)37)25-16-24(33)13-12-23(25)18-34/h8-13,16-17,19-20,27H,5-7,14-15H2,1-4H3. The molecule has 0 bridgehead atoms. The summed E-state index contributed by atoms with van der Waals surface area (Å²) in [5.41, 5.74) is 1.47. The number of aromatic nitrogens is 1. The number of Topliss-reactive ketones (excluding diaryl/α,β-unsaturated/α-hetero) is 1. The van der Waals surface area contributed by atoms with Crippen LogP contribution in [0.2, 0.25) is 5.02 Å². The quantitative estimate of drug-likeness (QED) is 0.275. The van der Waals surface area contributed by atoms with Gasteiger partial charge in [-0.15, -0.1) is 0 Å². The minimum absolute atomic E-state index is 0.103. The molecular formula is C32H33ClN2O5. The number of methoxy groups -OCH3 is 1. The topological polar surface area (TPSA) is 98.4 Å². The molecule has 3 aromatic rings. The third-order valence-corrected chi connectivity index (χ3v) is 7.35.